The van der Waals surface area contributed by atoms with E-state index in [-0.39, 0.29) is 29.8 Å². The summed E-state index contributed by atoms with van der Waals surface area (Å²) in [5.74, 6) is 1.22. The number of piperazine rings is 1. The van der Waals surface area contributed by atoms with Crippen LogP contribution >= 0.6 is 24.0 Å². The normalized spacial score (nSPS) is 17.5. The van der Waals surface area contributed by atoms with Gasteiger partial charge in [0.2, 0.25) is 0 Å². The fraction of sp³-hybridized carbons (Fsp3) is 0.650. The quantitative estimate of drug-likeness (QED) is 0.350. The summed E-state index contributed by atoms with van der Waals surface area (Å²) in [5.41, 5.74) is 1.12. The van der Waals surface area contributed by atoms with Gasteiger partial charge in [-0.05, 0) is 37.1 Å². The number of hydrogen-bond donors (Lipinski definition) is 2. The lowest BCUT2D eigenvalue weighted by Crippen LogP contribution is -2.55. The Morgan fingerprint density at radius 1 is 1.11 bits per heavy atom. The Labute approximate surface area is 180 Å². The average molecular weight is 491 g/mol. The summed E-state index contributed by atoms with van der Waals surface area (Å²) in [6.45, 7) is 10.7. The highest BCUT2D eigenvalue weighted by Gasteiger charge is 2.24. The molecule has 1 aromatic rings. The third kappa shape index (κ3) is 8.31. The van der Waals surface area contributed by atoms with Crippen molar-refractivity contribution in [3.63, 3.8) is 0 Å². The molecule has 0 radical (unpaired) electrons. The van der Waals surface area contributed by atoms with Crippen LogP contribution in [0.5, 0.6) is 0 Å². The number of nitrogens with zero attached hydrogens (tertiary/aromatic N) is 3. The second kappa shape index (κ2) is 12.5. The van der Waals surface area contributed by atoms with Crippen LogP contribution in [0.25, 0.3) is 0 Å². The fourth-order valence-electron chi connectivity index (χ4n) is 3.34. The fourth-order valence-corrected chi connectivity index (χ4v) is 3.34. The van der Waals surface area contributed by atoms with Crippen molar-refractivity contribution in [1.82, 2.24) is 20.4 Å². The molecule has 0 aliphatic carbocycles. The summed E-state index contributed by atoms with van der Waals surface area (Å²) in [6.07, 6.45) is 0.840. The summed E-state index contributed by atoms with van der Waals surface area (Å²) in [6, 6.07) is 7.17. The van der Waals surface area contributed by atoms with Gasteiger partial charge in [0.05, 0.1) is 0 Å². The Kier molecular flexibility index (Phi) is 11.2. The number of likely N-dealkylation sites (N-methyl/N-ethyl adjacent to an activating group) is 1. The average Bonchev–Trinajstić information content (AvgIpc) is 2.63. The summed E-state index contributed by atoms with van der Waals surface area (Å²) in [5, 5.41) is 6.83. The van der Waals surface area contributed by atoms with Crippen LogP contribution < -0.4 is 10.6 Å². The second-order valence-electron chi connectivity index (χ2n) is 7.41. The first-order valence-corrected chi connectivity index (χ1v) is 9.61. The Balaban J connectivity index is 0.00000364. The van der Waals surface area contributed by atoms with E-state index in [2.05, 4.69) is 46.3 Å². The molecule has 0 spiro atoms. The van der Waals surface area contributed by atoms with E-state index < -0.39 is 0 Å². The third-order valence-electron chi connectivity index (χ3n) is 5.10. The predicted octanol–water partition coefficient (Wildman–Crippen LogP) is 2.42. The van der Waals surface area contributed by atoms with Crippen LogP contribution in [0.1, 0.15) is 19.4 Å². The molecule has 0 saturated carbocycles. The molecular weight excluding hydrogens is 456 g/mol. The van der Waals surface area contributed by atoms with Gasteiger partial charge in [0.25, 0.3) is 0 Å². The molecule has 1 atom stereocenters. The van der Waals surface area contributed by atoms with Gasteiger partial charge in [0, 0.05) is 52.4 Å². The molecule has 1 aliphatic heterocycles. The maximum absolute atomic E-state index is 13.0. The standard InChI is InChI=1S/C20H34FN5.HI/c1-16(2)19(26-13-11-25(4)12-14-26)15-24-20(22-3)23-10-9-17-5-7-18(21)8-6-17;/h5-8,16,19H,9-15H2,1-4H3,(H2,22,23,24);1H. The first kappa shape index (κ1) is 24.1. The SMILES string of the molecule is CN=C(NCCc1ccc(F)cc1)NCC(C(C)C)N1CCN(C)CC1.I. The minimum absolute atomic E-state index is 0. The molecule has 1 aromatic carbocycles. The number of benzene rings is 1. The highest BCUT2D eigenvalue weighted by atomic mass is 127. The maximum atomic E-state index is 13.0. The van der Waals surface area contributed by atoms with Crippen LogP contribution in [0.4, 0.5) is 4.39 Å². The molecule has 0 bridgehead atoms. The number of nitrogens with one attached hydrogen (secondary N) is 2. The van der Waals surface area contributed by atoms with Gasteiger partial charge >= 0.3 is 0 Å². The molecule has 1 heterocycles. The molecule has 7 heteroatoms. The van der Waals surface area contributed by atoms with E-state index in [0.717, 1.165) is 57.2 Å². The van der Waals surface area contributed by atoms with Crippen molar-refractivity contribution < 1.29 is 4.39 Å². The molecule has 1 unspecified atom stereocenters. The Morgan fingerprint density at radius 2 is 1.74 bits per heavy atom. The lowest BCUT2D eigenvalue weighted by molar-refractivity contribution is 0.0900. The molecule has 1 aliphatic rings. The van der Waals surface area contributed by atoms with E-state index >= 15 is 0 Å². The number of halogens is 2. The van der Waals surface area contributed by atoms with Gasteiger partial charge in [-0.15, -0.1) is 24.0 Å². The number of hydrogen-bond acceptors (Lipinski definition) is 3. The number of guanidine groups is 1. The van der Waals surface area contributed by atoms with E-state index in [4.69, 9.17) is 0 Å². The molecule has 154 valence electrons. The van der Waals surface area contributed by atoms with Crippen molar-refractivity contribution in [2.24, 2.45) is 10.9 Å². The molecule has 2 N–H and O–H groups in total. The van der Waals surface area contributed by atoms with Gasteiger partial charge in [0.1, 0.15) is 5.82 Å². The first-order valence-electron chi connectivity index (χ1n) is 9.61. The van der Waals surface area contributed by atoms with Crippen molar-refractivity contribution in [3.8, 4) is 0 Å². The third-order valence-corrected chi connectivity index (χ3v) is 5.10. The zero-order chi connectivity index (χ0) is 18.9. The van der Waals surface area contributed by atoms with E-state index in [1.807, 2.05) is 12.1 Å². The van der Waals surface area contributed by atoms with E-state index in [1.54, 1.807) is 7.05 Å². The van der Waals surface area contributed by atoms with Crippen LogP contribution in [0, 0.1) is 11.7 Å². The lowest BCUT2D eigenvalue weighted by Gasteiger charge is -2.40. The number of aliphatic imine (C=N–C) groups is 1. The Morgan fingerprint density at radius 3 is 2.30 bits per heavy atom. The maximum Gasteiger partial charge on any atom is 0.191 e. The van der Waals surface area contributed by atoms with Crippen molar-refractivity contribution in [2.75, 3.05) is 53.4 Å². The van der Waals surface area contributed by atoms with Gasteiger partial charge in [0.15, 0.2) is 5.96 Å². The Bertz CT molecular complexity index is 556. The molecule has 1 saturated heterocycles. The predicted molar refractivity (Wildman–Crippen MR) is 123 cm³/mol. The van der Waals surface area contributed by atoms with Crippen molar-refractivity contribution in [2.45, 2.75) is 26.3 Å². The zero-order valence-corrected chi connectivity index (χ0v) is 19.4. The van der Waals surface area contributed by atoms with Crippen molar-refractivity contribution >= 4 is 29.9 Å². The van der Waals surface area contributed by atoms with E-state index in [1.165, 1.54) is 12.1 Å². The zero-order valence-electron chi connectivity index (χ0n) is 17.0. The van der Waals surface area contributed by atoms with Crippen molar-refractivity contribution in [1.29, 1.82) is 0 Å². The summed E-state index contributed by atoms with van der Waals surface area (Å²) in [7, 11) is 3.99. The van der Waals surface area contributed by atoms with Crippen LogP contribution in [0.3, 0.4) is 0 Å². The molecule has 2 rings (SSSR count). The molecule has 5 nitrogen and oxygen atoms in total. The minimum Gasteiger partial charge on any atom is -0.356 e. The van der Waals surface area contributed by atoms with Gasteiger partial charge in [-0.2, -0.15) is 0 Å². The van der Waals surface area contributed by atoms with Gasteiger partial charge in [-0.3, -0.25) is 9.89 Å². The Hall–Kier alpha value is -0.930. The first-order chi connectivity index (χ1) is 12.5. The smallest absolute Gasteiger partial charge is 0.191 e. The van der Waals surface area contributed by atoms with Gasteiger partial charge in [-0.25, -0.2) is 4.39 Å². The summed E-state index contributed by atoms with van der Waals surface area (Å²) < 4.78 is 13.0. The van der Waals surface area contributed by atoms with E-state index in [0.29, 0.717) is 12.0 Å². The monoisotopic (exact) mass is 491 g/mol. The minimum atomic E-state index is -0.192. The second-order valence-corrected chi connectivity index (χ2v) is 7.41. The van der Waals surface area contributed by atoms with Gasteiger partial charge in [-0.1, -0.05) is 26.0 Å². The highest BCUT2D eigenvalue weighted by Crippen LogP contribution is 2.12. The van der Waals surface area contributed by atoms with Crippen LogP contribution in [0.15, 0.2) is 29.3 Å². The molecule has 0 aromatic heterocycles. The lowest BCUT2D eigenvalue weighted by atomic mass is 10.0. The molecule has 0 amide bonds. The largest absolute Gasteiger partial charge is 0.356 e. The summed E-state index contributed by atoms with van der Waals surface area (Å²) in [4.78, 5) is 9.30. The molecule has 27 heavy (non-hydrogen) atoms. The number of rotatable bonds is 7. The van der Waals surface area contributed by atoms with E-state index in [9.17, 15) is 4.39 Å². The summed E-state index contributed by atoms with van der Waals surface area (Å²) >= 11 is 0. The topological polar surface area (TPSA) is 42.9 Å². The van der Waals surface area contributed by atoms with Crippen LogP contribution in [0.2, 0.25) is 0 Å². The highest BCUT2D eigenvalue weighted by molar-refractivity contribution is 14.0. The van der Waals surface area contributed by atoms with Crippen LogP contribution in [-0.2, 0) is 6.42 Å². The van der Waals surface area contributed by atoms with Crippen molar-refractivity contribution in [3.05, 3.63) is 35.6 Å². The van der Waals surface area contributed by atoms with Gasteiger partial charge < -0.3 is 15.5 Å². The molecular formula is C20H35FIN5. The van der Waals surface area contributed by atoms with Crippen LogP contribution in [-0.4, -0.2) is 75.2 Å². The molecule has 1 fully saturated rings.